The SMILES string of the molecule is Clc1cccc(Cl)c1COc1ccc2ccccc2c1. The van der Waals surface area contributed by atoms with E-state index in [9.17, 15) is 0 Å². The highest BCUT2D eigenvalue weighted by molar-refractivity contribution is 6.35. The summed E-state index contributed by atoms with van der Waals surface area (Å²) in [5.74, 6) is 0.805. The Morgan fingerprint density at radius 1 is 0.750 bits per heavy atom. The molecule has 0 heterocycles. The molecule has 3 aromatic rings. The van der Waals surface area contributed by atoms with Crippen molar-refractivity contribution in [2.24, 2.45) is 0 Å². The second-order valence-corrected chi connectivity index (χ2v) is 5.31. The van der Waals surface area contributed by atoms with E-state index in [1.807, 2.05) is 48.5 Å². The van der Waals surface area contributed by atoms with Crippen LogP contribution in [-0.4, -0.2) is 0 Å². The van der Waals surface area contributed by atoms with Crippen LogP contribution in [0.2, 0.25) is 10.0 Å². The summed E-state index contributed by atoms with van der Waals surface area (Å²) in [6.45, 7) is 0.358. The number of halogens is 2. The van der Waals surface area contributed by atoms with Gasteiger partial charge in [-0.1, -0.05) is 59.6 Å². The lowest BCUT2D eigenvalue weighted by molar-refractivity contribution is 0.307. The minimum atomic E-state index is 0.358. The van der Waals surface area contributed by atoms with Crippen LogP contribution in [0.3, 0.4) is 0 Å². The summed E-state index contributed by atoms with van der Waals surface area (Å²) in [6.07, 6.45) is 0. The van der Waals surface area contributed by atoms with Gasteiger partial charge in [0.25, 0.3) is 0 Å². The van der Waals surface area contributed by atoms with Crippen LogP contribution in [0, 0.1) is 0 Å². The number of rotatable bonds is 3. The molecule has 0 saturated carbocycles. The Balaban J connectivity index is 1.83. The predicted octanol–water partition coefficient (Wildman–Crippen LogP) is 5.73. The van der Waals surface area contributed by atoms with Crippen LogP contribution in [0.15, 0.2) is 60.7 Å². The van der Waals surface area contributed by atoms with Gasteiger partial charge in [-0.25, -0.2) is 0 Å². The molecule has 0 atom stereocenters. The largest absolute Gasteiger partial charge is 0.489 e. The third-order valence-corrected chi connectivity index (χ3v) is 3.87. The van der Waals surface area contributed by atoms with Crippen molar-refractivity contribution >= 4 is 34.0 Å². The highest BCUT2D eigenvalue weighted by Crippen LogP contribution is 2.27. The van der Waals surface area contributed by atoms with Gasteiger partial charge in [0, 0.05) is 15.6 Å². The van der Waals surface area contributed by atoms with E-state index in [2.05, 4.69) is 12.1 Å². The molecule has 0 aromatic heterocycles. The molecule has 100 valence electrons. The fourth-order valence-electron chi connectivity index (χ4n) is 2.08. The van der Waals surface area contributed by atoms with E-state index in [0.717, 1.165) is 16.7 Å². The van der Waals surface area contributed by atoms with Crippen LogP contribution in [0.5, 0.6) is 5.75 Å². The summed E-state index contributed by atoms with van der Waals surface area (Å²) < 4.78 is 5.79. The molecule has 0 amide bonds. The average molecular weight is 303 g/mol. The van der Waals surface area contributed by atoms with Gasteiger partial charge in [-0.15, -0.1) is 0 Å². The minimum absolute atomic E-state index is 0.358. The highest BCUT2D eigenvalue weighted by Gasteiger charge is 2.06. The zero-order chi connectivity index (χ0) is 13.9. The van der Waals surface area contributed by atoms with Crippen LogP contribution in [-0.2, 0) is 6.61 Å². The Bertz CT molecular complexity index is 733. The normalized spacial score (nSPS) is 10.7. The smallest absolute Gasteiger partial charge is 0.120 e. The second-order valence-electron chi connectivity index (χ2n) is 4.50. The molecule has 0 N–H and O–H groups in total. The number of benzene rings is 3. The third kappa shape index (κ3) is 2.74. The van der Waals surface area contributed by atoms with Gasteiger partial charge < -0.3 is 4.74 Å². The van der Waals surface area contributed by atoms with E-state index >= 15 is 0 Å². The molecule has 0 spiro atoms. The molecule has 0 fully saturated rings. The predicted molar refractivity (Wildman–Crippen MR) is 84.7 cm³/mol. The first kappa shape index (κ1) is 13.3. The van der Waals surface area contributed by atoms with Crippen molar-refractivity contribution in [1.29, 1.82) is 0 Å². The van der Waals surface area contributed by atoms with Gasteiger partial charge in [-0.2, -0.15) is 0 Å². The molecule has 3 heteroatoms. The van der Waals surface area contributed by atoms with Crippen molar-refractivity contribution < 1.29 is 4.74 Å². The van der Waals surface area contributed by atoms with Crippen molar-refractivity contribution in [1.82, 2.24) is 0 Å². The zero-order valence-corrected chi connectivity index (χ0v) is 12.2. The maximum Gasteiger partial charge on any atom is 0.120 e. The van der Waals surface area contributed by atoms with Gasteiger partial charge >= 0.3 is 0 Å². The first-order valence-electron chi connectivity index (χ1n) is 6.28. The molecular weight excluding hydrogens is 291 g/mol. The Hall–Kier alpha value is -1.70. The molecule has 0 aliphatic heterocycles. The van der Waals surface area contributed by atoms with Gasteiger partial charge in [0.2, 0.25) is 0 Å². The van der Waals surface area contributed by atoms with Crippen molar-refractivity contribution in [3.05, 3.63) is 76.3 Å². The summed E-state index contributed by atoms with van der Waals surface area (Å²) in [7, 11) is 0. The number of hydrogen-bond acceptors (Lipinski definition) is 1. The van der Waals surface area contributed by atoms with Crippen molar-refractivity contribution in [3.8, 4) is 5.75 Å². The molecular formula is C17H12Cl2O. The molecule has 3 rings (SSSR count). The number of fused-ring (bicyclic) bond motifs is 1. The van der Waals surface area contributed by atoms with Gasteiger partial charge in [-0.3, -0.25) is 0 Å². The van der Waals surface area contributed by atoms with Crippen molar-refractivity contribution in [2.75, 3.05) is 0 Å². The molecule has 20 heavy (non-hydrogen) atoms. The van der Waals surface area contributed by atoms with E-state index in [0.29, 0.717) is 16.7 Å². The summed E-state index contributed by atoms with van der Waals surface area (Å²) in [5, 5.41) is 3.59. The quantitative estimate of drug-likeness (QED) is 0.600. The third-order valence-electron chi connectivity index (χ3n) is 3.17. The maximum atomic E-state index is 6.13. The molecule has 0 aliphatic rings. The lowest BCUT2D eigenvalue weighted by Gasteiger charge is -2.10. The Morgan fingerprint density at radius 2 is 1.45 bits per heavy atom. The second kappa shape index (κ2) is 5.74. The number of hydrogen-bond donors (Lipinski definition) is 0. The summed E-state index contributed by atoms with van der Waals surface area (Å²) in [6, 6.07) is 19.6. The maximum absolute atomic E-state index is 6.13. The first-order chi connectivity index (χ1) is 9.74. The minimum Gasteiger partial charge on any atom is -0.489 e. The number of ether oxygens (including phenoxy) is 1. The van der Waals surface area contributed by atoms with Crippen LogP contribution >= 0.6 is 23.2 Å². The van der Waals surface area contributed by atoms with E-state index in [1.165, 1.54) is 5.39 Å². The van der Waals surface area contributed by atoms with Gasteiger partial charge in [0.15, 0.2) is 0 Å². The van der Waals surface area contributed by atoms with Crippen LogP contribution in [0.25, 0.3) is 10.8 Å². The van der Waals surface area contributed by atoms with E-state index in [4.69, 9.17) is 27.9 Å². The molecule has 3 aromatic carbocycles. The van der Waals surface area contributed by atoms with Gasteiger partial charge in [0.1, 0.15) is 12.4 Å². The summed E-state index contributed by atoms with van der Waals surface area (Å²) in [5.41, 5.74) is 0.809. The molecule has 0 bridgehead atoms. The standard InChI is InChI=1S/C17H12Cl2O/c18-16-6-3-7-17(19)15(16)11-20-14-9-8-12-4-1-2-5-13(12)10-14/h1-10H,11H2. The Kier molecular flexibility index (Phi) is 3.81. The van der Waals surface area contributed by atoms with Gasteiger partial charge in [0.05, 0.1) is 0 Å². The van der Waals surface area contributed by atoms with E-state index < -0.39 is 0 Å². The molecule has 0 unspecified atom stereocenters. The molecule has 1 nitrogen and oxygen atoms in total. The van der Waals surface area contributed by atoms with E-state index in [-0.39, 0.29) is 0 Å². The fraction of sp³-hybridized carbons (Fsp3) is 0.0588. The molecule has 0 radical (unpaired) electrons. The fourth-order valence-corrected chi connectivity index (χ4v) is 2.59. The first-order valence-corrected chi connectivity index (χ1v) is 7.04. The Morgan fingerprint density at radius 3 is 2.20 bits per heavy atom. The van der Waals surface area contributed by atoms with Crippen LogP contribution < -0.4 is 4.74 Å². The van der Waals surface area contributed by atoms with Crippen LogP contribution in [0.4, 0.5) is 0 Å². The van der Waals surface area contributed by atoms with Crippen molar-refractivity contribution in [3.63, 3.8) is 0 Å². The molecule has 0 saturated heterocycles. The topological polar surface area (TPSA) is 9.23 Å². The average Bonchev–Trinajstić information content (AvgIpc) is 2.46. The Labute approximate surface area is 127 Å². The lowest BCUT2D eigenvalue weighted by Crippen LogP contribution is -1.97. The summed E-state index contributed by atoms with van der Waals surface area (Å²) >= 11 is 12.3. The highest BCUT2D eigenvalue weighted by atomic mass is 35.5. The van der Waals surface area contributed by atoms with Gasteiger partial charge in [-0.05, 0) is 35.0 Å². The van der Waals surface area contributed by atoms with E-state index in [1.54, 1.807) is 0 Å². The summed E-state index contributed by atoms with van der Waals surface area (Å²) in [4.78, 5) is 0. The van der Waals surface area contributed by atoms with Crippen LogP contribution in [0.1, 0.15) is 5.56 Å². The monoisotopic (exact) mass is 302 g/mol. The molecule has 0 aliphatic carbocycles. The lowest BCUT2D eigenvalue weighted by atomic mass is 10.1. The zero-order valence-electron chi connectivity index (χ0n) is 10.6. The van der Waals surface area contributed by atoms with Crippen molar-refractivity contribution in [2.45, 2.75) is 6.61 Å².